The van der Waals surface area contributed by atoms with Gasteiger partial charge < -0.3 is 20.1 Å². The molecule has 0 spiro atoms. The minimum atomic E-state index is -0.632. The summed E-state index contributed by atoms with van der Waals surface area (Å²) in [6.07, 6.45) is 5.76. The van der Waals surface area contributed by atoms with Crippen LogP contribution in [0.1, 0.15) is 55.6 Å². The minimum absolute atomic E-state index is 0.00419. The topological polar surface area (TPSA) is 85.6 Å². The van der Waals surface area contributed by atoms with Crippen molar-refractivity contribution in [3.8, 4) is 11.8 Å². The Morgan fingerprint density at radius 3 is 2.40 bits per heavy atom. The first kappa shape index (κ1) is 23.8. The molecule has 0 aromatic heterocycles. The highest BCUT2D eigenvalue weighted by Gasteiger charge is 2.47. The van der Waals surface area contributed by atoms with Gasteiger partial charge in [-0.25, -0.2) is 0 Å². The normalized spacial score (nSPS) is 24.7. The Bertz CT molecular complexity index is 1050. The van der Waals surface area contributed by atoms with Crippen LogP contribution in [-0.4, -0.2) is 54.8 Å². The van der Waals surface area contributed by atoms with Gasteiger partial charge in [0.15, 0.2) is 0 Å². The summed E-state index contributed by atoms with van der Waals surface area (Å²) in [6.45, 7) is 3.99. The fourth-order valence-electron chi connectivity index (χ4n) is 5.73. The summed E-state index contributed by atoms with van der Waals surface area (Å²) >= 11 is 0. The molecule has 2 atom stereocenters. The maximum Gasteiger partial charge on any atom is 0.310 e. The van der Waals surface area contributed by atoms with E-state index >= 15 is 0 Å². The van der Waals surface area contributed by atoms with Crippen molar-refractivity contribution in [3.05, 3.63) is 65.7 Å². The summed E-state index contributed by atoms with van der Waals surface area (Å²) < 4.78 is 6.26. The van der Waals surface area contributed by atoms with Crippen LogP contribution in [0.2, 0.25) is 0 Å². The highest BCUT2D eigenvalue weighted by molar-refractivity contribution is 5.76. The first-order valence-corrected chi connectivity index (χ1v) is 12.9. The molecule has 0 unspecified atom stereocenters. The van der Waals surface area contributed by atoms with E-state index < -0.39 is 11.4 Å². The Morgan fingerprint density at radius 2 is 1.80 bits per heavy atom. The third-order valence-electron chi connectivity index (χ3n) is 8.49. The molecule has 35 heavy (non-hydrogen) atoms. The van der Waals surface area contributed by atoms with E-state index in [1.54, 1.807) is 12.1 Å². The maximum atomic E-state index is 11.9. The number of nitrogens with one attached hydrogen (secondary N) is 1. The van der Waals surface area contributed by atoms with Crippen LogP contribution in [0.3, 0.4) is 0 Å². The van der Waals surface area contributed by atoms with Gasteiger partial charge in [0.1, 0.15) is 5.75 Å². The molecular weight excluding hydrogens is 438 g/mol. The standard InChI is InChI=1S/C29H35N3O3/c30-18-22-7-9-24(10-8-22)35-21-28(19-31-26-17-25(26)23-5-2-1-3-6-23)13-15-32(16-14-28)20-29(27(33)34)11-4-12-29/h1-3,5-10,25-26,31H,4,11-17,19-21H2,(H,33,34)/t25-,26+/m0/s1. The summed E-state index contributed by atoms with van der Waals surface area (Å²) in [7, 11) is 0. The van der Waals surface area contributed by atoms with Crippen LogP contribution >= 0.6 is 0 Å². The van der Waals surface area contributed by atoms with Gasteiger partial charge in [0.2, 0.25) is 0 Å². The molecule has 1 saturated heterocycles. The number of carboxylic acid groups (broad SMARTS) is 1. The smallest absolute Gasteiger partial charge is 0.310 e. The van der Waals surface area contributed by atoms with E-state index in [9.17, 15) is 9.90 Å². The highest BCUT2D eigenvalue weighted by Crippen LogP contribution is 2.44. The number of hydrogen-bond acceptors (Lipinski definition) is 5. The van der Waals surface area contributed by atoms with Crippen LogP contribution in [0.4, 0.5) is 0 Å². The van der Waals surface area contributed by atoms with E-state index in [1.807, 2.05) is 12.1 Å². The third-order valence-corrected chi connectivity index (χ3v) is 8.49. The van der Waals surface area contributed by atoms with Gasteiger partial charge in [0, 0.05) is 30.5 Å². The zero-order valence-electron chi connectivity index (χ0n) is 20.3. The lowest BCUT2D eigenvalue weighted by molar-refractivity contribution is -0.156. The van der Waals surface area contributed by atoms with Crippen molar-refractivity contribution in [2.24, 2.45) is 10.8 Å². The van der Waals surface area contributed by atoms with Crippen molar-refractivity contribution in [2.45, 2.75) is 50.5 Å². The number of nitriles is 1. The second-order valence-electron chi connectivity index (χ2n) is 10.9. The zero-order valence-corrected chi connectivity index (χ0v) is 20.3. The first-order valence-electron chi connectivity index (χ1n) is 12.9. The molecule has 6 heteroatoms. The number of piperidine rings is 1. The predicted octanol–water partition coefficient (Wildman–Crippen LogP) is 4.42. The van der Waals surface area contributed by atoms with Gasteiger partial charge in [0.05, 0.1) is 23.7 Å². The van der Waals surface area contributed by atoms with Crippen molar-refractivity contribution in [3.63, 3.8) is 0 Å². The molecular formula is C29H35N3O3. The fourth-order valence-corrected chi connectivity index (χ4v) is 5.73. The van der Waals surface area contributed by atoms with E-state index in [0.717, 1.165) is 57.5 Å². The van der Waals surface area contributed by atoms with Crippen molar-refractivity contribution < 1.29 is 14.6 Å². The van der Waals surface area contributed by atoms with E-state index in [4.69, 9.17) is 10.00 Å². The number of carboxylic acids is 1. The van der Waals surface area contributed by atoms with Crippen molar-refractivity contribution in [1.82, 2.24) is 10.2 Å². The number of carbonyl (C=O) groups is 1. The average Bonchev–Trinajstić information content (AvgIpc) is 3.65. The Morgan fingerprint density at radius 1 is 1.09 bits per heavy atom. The highest BCUT2D eigenvalue weighted by atomic mass is 16.5. The molecule has 2 aromatic carbocycles. The lowest BCUT2D eigenvalue weighted by Gasteiger charge is -2.46. The Labute approximate surface area is 207 Å². The van der Waals surface area contributed by atoms with Gasteiger partial charge in [-0.2, -0.15) is 5.26 Å². The Kier molecular flexibility index (Phi) is 6.82. The van der Waals surface area contributed by atoms with Crippen molar-refractivity contribution in [2.75, 3.05) is 32.8 Å². The van der Waals surface area contributed by atoms with E-state index in [1.165, 1.54) is 12.0 Å². The van der Waals surface area contributed by atoms with Gasteiger partial charge in [-0.05, 0) is 75.0 Å². The van der Waals surface area contributed by atoms with Crippen LogP contribution in [0, 0.1) is 22.2 Å². The number of ether oxygens (including phenoxy) is 1. The predicted molar refractivity (Wildman–Crippen MR) is 134 cm³/mol. The summed E-state index contributed by atoms with van der Waals surface area (Å²) in [5.74, 6) is 0.743. The molecule has 184 valence electrons. The SMILES string of the molecule is N#Cc1ccc(OCC2(CN[C@@H]3C[C@H]3c3ccccc3)CCN(CC3(C(=O)O)CCC3)CC2)cc1. The maximum absolute atomic E-state index is 11.9. The molecule has 3 fully saturated rings. The second kappa shape index (κ2) is 10.0. The summed E-state index contributed by atoms with van der Waals surface area (Å²) in [4.78, 5) is 14.2. The average molecular weight is 474 g/mol. The quantitative estimate of drug-likeness (QED) is 0.531. The summed E-state index contributed by atoms with van der Waals surface area (Å²) in [6, 6.07) is 20.7. The molecule has 0 amide bonds. The number of rotatable bonds is 10. The van der Waals surface area contributed by atoms with Gasteiger partial charge in [-0.1, -0.05) is 36.8 Å². The molecule has 2 aromatic rings. The zero-order chi connectivity index (χ0) is 24.3. The Hall–Kier alpha value is -2.88. The van der Waals surface area contributed by atoms with Crippen LogP contribution in [0.15, 0.2) is 54.6 Å². The molecule has 1 aliphatic heterocycles. The molecule has 1 heterocycles. The lowest BCUT2D eigenvalue weighted by Crippen LogP contribution is -2.53. The lowest BCUT2D eigenvalue weighted by atomic mass is 9.68. The van der Waals surface area contributed by atoms with Gasteiger partial charge in [-0.3, -0.25) is 4.79 Å². The van der Waals surface area contributed by atoms with Crippen LogP contribution in [-0.2, 0) is 4.79 Å². The van der Waals surface area contributed by atoms with Gasteiger partial charge >= 0.3 is 5.97 Å². The summed E-state index contributed by atoms with van der Waals surface area (Å²) in [5, 5.41) is 22.7. The van der Waals surface area contributed by atoms with Crippen LogP contribution in [0.5, 0.6) is 5.75 Å². The van der Waals surface area contributed by atoms with Crippen LogP contribution < -0.4 is 10.1 Å². The minimum Gasteiger partial charge on any atom is -0.493 e. The summed E-state index contributed by atoms with van der Waals surface area (Å²) in [5.41, 5.74) is 1.51. The molecule has 2 aliphatic carbocycles. The molecule has 0 radical (unpaired) electrons. The largest absolute Gasteiger partial charge is 0.493 e. The van der Waals surface area contributed by atoms with Crippen molar-refractivity contribution >= 4 is 5.97 Å². The fraction of sp³-hybridized carbons (Fsp3) is 0.517. The number of aliphatic carboxylic acids is 1. The third kappa shape index (κ3) is 5.37. The molecule has 0 bridgehead atoms. The van der Waals surface area contributed by atoms with Crippen molar-refractivity contribution in [1.29, 1.82) is 5.26 Å². The van der Waals surface area contributed by atoms with Gasteiger partial charge in [0.25, 0.3) is 0 Å². The van der Waals surface area contributed by atoms with E-state index in [-0.39, 0.29) is 5.41 Å². The van der Waals surface area contributed by atoms with E-state index in [0.29, 0.717) is 30.7 Å². The number of nitrogens with zero attached hydrogens (tertiary/aromatic N) is 2. The molecule has 2 saturated carbocycles. The monoisotopic (exact) mass is 473 g/mol. The number of benzene rings is 2. The Balaban J connectivity index is 1.21. The molecule has 3 aliphatic rings. The van der Waals surface area contributed by atoms with Gasteiger partial charge in [-0.15, -0.1) is 0 Å². The van der Waals surface area contributed by atoms with Crippen LogP contribution in [0.25, 0.3) is 0 Å². The number of likely N-dealkylation sites (tertiary alicyclic amines) is 1. The second-order valence-corrected chi connectivity index (χ2v) is 10.9. The van der Waals surface area contributed by atoms with E-state index in [2.05, 4.69) is 46.6 Å². The number of hydrogen-bond donors (Lipinski definition) is 2. The molecule has 6 nitrogen and oxygen atoms in total. The first-order chi connectivity index (χ1) is 17.0. The molecule has 5 rings (SSSR count). The molecule has 2 N–H and O–H groups in total.